The number of hydrogen-bond acceptors (Lipinski definition) is 5. The van der Waals surface area contributed by atoms with Crippen molar-refractivity contribution in [3.8, 4) is 5.69 Å². The first kappa shape index (κ1) is 27.2. The molecule has 1 amide bonds. The summed E-state index contributed by atoms with van der Waals surface area (Å²) >= 11 is 6.08. The quantitative estimate of drug-likeness (QED) is 0.399. The molecular weight excluding hydrogens is 499 g/mol. The van der Waals surface area contributed by atoms with E-state index in [0.717, 1.165) is 10.2 Å². The van der Waals surface area contributed by atoms with E-state index >= 15 is 0 Å². The van der Waals surface area contributed by atoms with Gasteiger partial charge in [-0.25, -0.2) is 4.68 Å². The van der Waals surface area contributed by atoms with Crippen LogP contribution in [0.2, 0.25) is 5.02 Å². The lowest BCUT2D eigenvalue weighted by atomic mass is 9.85. The monoisotopic (exact) mass is 523 g/mol. The van der Waals surface area contributed by atoms with E-state index in [4.69, 9.17) is 11.6 Å². The molecule has 0 spiro atoms. The molecule has 192 valence electrons. The highest BCUT2D eigenvalue weighted by atomic mass is 35.5. The number of aliphatic carboxylic acids is 1. The Morgan fingerprint density at radius 3 is 2.33 bits per heavy atom. The largest absolute Gasteiger partial charge is 0.480 e. The summed E-state index contributed by atoms with van der Waals surface area (Å²) in [4.78, 5) is 25.4. The van der Waals surface area contributed by atoms with E-state index in [1.54, 1.807) is 45.0 Å². The number of halogens is 4. The molecule has 12 heteroatoms. The second-order valence-corrected chi connectivity index (χ2v) is 9.68. The molecule has 3 N–H and O–H groups in total. The van der Waals surface area contributed by atoms with Gasteiger partial charge in [0.05, 0.1) is 23.6 Å². The standard InChI is InChI=1S/C24H25ClF3N5O3/c1-23(2,3)20(29-17(22(35)36)11-14-7-5-4-6-8-14)21(34)30-16-12-15(25)9-10-18(16)33-13-19(31-32-33)24(26,27)28/h4-10,12-13,17,20,29H,11H2,1-3H3,(H,30,34)(H,35,36). The van der Waals surface area contributed by atoms with Gasteiger partial charge in [0.1, 0.15) is 6.04 Å². The lowest BCUT2D eigenvalue weighted by Gasteiger charge is -2.33. The number of nitrogens with one attached hydrogen (secondary N) is 2. The summed E-state index contributed by atoms with van der Waals surface area (Å²) in [7, 11) is 0. The number of alkyl halides is 3. The summed E-state index contributed by atoms with van der Waals surface area (Å²) in [6, 6.07) is 11.1. The van der Waals surface area contributed by atoms with Crippen molar-refractivity contribution in [2.45, 2.75) is 45.5 Å². The van der Waals surface area contributed by atoms with Gasteiger partial charge in [-0.3, -0.25) is 14.9 Å². The van der Waals surface area contributed by atoms with Crippen LogP contribution in [0.4, 0.5) is 18.9 Å². The van der Waals surface area contributed by atoms with Crippen LogP contribution in [0, 0.1) is 5.41 Å². The van der Waals surface area contributed by atoms with Crippen molar-refractivity contribution in [1.29, 1.82) is 0 Å². The third kappa shape index (κ3) is 6.82. The Bertz CT molecular complexity index is 1230. The van der Waals surface area contributed by atoms with Crippen LogP contribution < -0.4 is 10.6 Å². The number of anilines is 1. The Kier molecular flexibility index (Phi) is 8.05. The van der Waals surface area contributed by atoms with Crippen LogP contribution in [0.3, 0.4) is 0 Å². The van der Waals surface area contributed by atoms with E-state index in [2.05, 4.69) is 20.9 Å². The Balaban J connectivity index is 1.90. The average molecular weight is 524 g/mol. The van der Waals surface area contributed by atoms with Gasteiger partial charge in [0.25, 0.3) is 0 Å². The number of carbonyl (C=O) groups excluding carboxylic acids is 1. The maximum absolute atomic E-state index is 13.4. The Hall–Kier alpha value is -3.44. The van der Waals surface area contributed by atoms with Gasteiger partial charge < -0.3 is 10.4 Å². The number of benzene rings is 2. The van der Waals surface area contributed by atoms with Crippen LogP contribution in [-0.2, 0) is 22.2 Å². The minimum atomic E-state index is -4.69. The van der Waals surface area contributed by atoms with Gasteiger partial charge in [-0.1, -0.05) is 67.9 Å². The summed E-state index contributed by atoms with van der Waals surface area (Å²) < 4.78 is 39.9. The molecule has 0 fully saturated rings. The highest BCUT2D eigenvalue weighted by Gasteiger charge is 2.36. The summed E-state index contributed by atoms with van der Waals surface area (Å²) in [5, 5.41) is 22.3. The minimum absolute atomic E-state index is 0.0807. The van der Waals surface area contributed by atoms with Gasteiger partial charge in [-0.05, 0) is 35.6 Å². The lowest BCUT2D eigenvalue weighted by molar-refractivity contribution is -0.141. The molecule has 0 bridgehead atoms. The normalized spacial score (nSPS) is 13.8. The predicted molar refractivity (Wildman–Crippen MR) is 128 cm³/mol. The van der Waals surface area contributed by atoms with Crippen LogP contribution in [0.15, 0.2) is 54.7 Å². The van der Waals surface area contributed by atoms with Gasteiger partial charge in [0.2, 0.25) is 5.91 Å². The van der Waals surface area contributed by atoms with Crippen LogP contribution >= 0.6 is 11.6 Å². The van der Waals surface area contributed by atoms with Gasteiger partial charge in [0, 0.05) is 5.02 Å². The molecule has 0 aliphatic rings. The number of hydrogen-bond donors (Lipinski definition) is 3. The van der Waals surface area contributed by atoms with E-state index in [-0.39, 0.29) is 22.8 Å². The number of carbonyl (C=O) groups is 2. The molecular formula is C24H25ClF3N5O3. The lowest BCUT2D eigenvalue weighted by Crippen LogP contribution is -2.55. The zero-order chi connectivity index (χ0) is 26.7. The van der Waals surface area contributed by atoms with Crippen molar-refractivity contribution >= 4 is 29.2 Å². The molecule has 0 aliphatic heterocycles. The number of carboxylic acid groups (broad SMARTS) is 1. The Labute approximate surface area is 210 Å². The van der Waals surface area contributed by atoms with Crippen molar-refractivity contribution < 1.29 is 27.9 Å². The van der Waals surface area contributed by atoms with Crippen molar-refractivity contribution in [3.63, 3.8) is 0 Å². The molecule has 1 aromatic heterocycles. The molecule has 2 aromatic carbocycles. The van der Waals surface area contributed by atoms with E-state index in [1.807, 2.05) is 6.07 Å². The zero-order valence-electron chi connectivity index (χ0n) is 19.7. The third-order valence-electron chi connectivity index (χ3n) is 5.32. The van der Waals surface area contributed by atoms with Crippen molar-refractivity contribution in [3.05, 3.63) is 71.0 Å². The summed E-state index contributed by atoms with van der Waals surface area (Å²) in [6.45, 7) is 5.28. The van der Waals surface area contributed by atoms with Gasteiger partial charge >= 0.3 is 12.1 Å². The maximum Gasteiger partial charge on any atom is 0.436 e. The van der Waals surface area contributed by atoms with Gasteiger partial charge in [-0.2, -0.15) is 13.2 Å². The second kappa shape index (κ2) is 10.7. The van der Waals surface area contributed by atoms with Crippen LogP contribution in [-0.4, -0.2) is 44.1 Å². The Morgan fingerprint density at radius 2 is 1.78 bits per heavy atom. The fourth-order valence-corrected chi connectivity index (χ4v) is 3.68. The Morgan fingerprint density at radius 1 is 1.11 bits per heavy atom. The molecule has 3 rings (SSSR count). The molecule has 0 radical (unpaired) electrons. The van der Waals surface area contributed by atoms with Gasteiger partial charge in [0.15, 0.2) is 5.69 Å². The van der Waals surface area contributed by atoms with Crippen LogP contribution in [0.1, 0.15) is 32.0 Å². The SMILES string of the molecule is CC(C)(C)C(NC(Cc1ccccc1)C(=O)O)C(=O)Nc1cc(Cl)ccc1-n1cc(C(F)(F)F)nn1. The molecule has 2 unspecified atom stereocenters. The molecule has 8 nitrogen and oxygen atoms in total. The molecule has 3 aromatic rings. The number of carboxylic acids is 1. The van der Waals surface area contributed by atoms with Crippen molar-refractivity contribution in [2.75, 3.05) is 5.32 Å². The average Bonchev–Trinajstić information content (AvgIpc) is 3.27. The first-order valence-corrected chi connectivity index (χ1v) is 11.3. The number of aromatic nitrogens is 3. The zero-order valence-corrected chi connectivity index (χ0v) is 20.4. The molecule has 36 heavy (non-hydrogen) atoms. The molecule has 1 heterocycles. The summed E-state index contributed by atoms with van der Waals surface area (Å²) in [6.07, 6.45) is -3.86. The van der Waals surface area contributed by atoms with E-state index in [0.29, 0.717) is 6.20 Å². The summed E-state index contributed by atoms with van der Waals surface area (Å²) in [5.74, 6) is -1.73. The smallest absolute Gasteiger partial charge is 0.436 e. The molecule has 0 aliphatic carbocycles. The molecule has 0 saturated heterocycles. The van der Waals surface area contributed by atoms with E-state index in [9.17, 15) is 27.9 Å². The maximum atomic E-state index is 13.4. The number of nitrogens with zero attached hydrogens (tertiary/aromatic N) is 3. The number of rotatable bonds is 8. The fourth-order valence-electron chi connectivity index (χ4n) is 3.51. The van der Waals surface area contributed by atoms with E-state index < -0.39 is 41.2 Å². The van der Waals surface area contributed by atoms with E-state index in [1.165, 1.54) is 18.2 Å². The van der Waals surface area contributed by atoms with Crippen LogP contribution in [0.25, 0.3) is 5.69 Å². The minimum Gasteiger partial charge on any atom is -0.480 e. The highest BCUT2D eigenvalue weighted by molar-refractivity contribution is 6.31. The molecule has 0 saturated carbocycles. The predicted octanol–water partition coefficient (Wildman–Crippen LogP) is 4.58. The topological polar surface area (TPSA) is 109 Å². The second-order valence-electron chi connectivity index (χ2n) is 9.24. The fraction of sp³-hybridized carbons (Fsp3) is 0.333. The molecule has 2 atom stereocenters. The van der Waals surface area contributed by atoms with Gasteiger partial charge in [-0.15, -0.1) is 5.10 Å². The van der Waals surface area contributed by atoms with Crippen LogP contribution in [0.5, 0.6) is 0 Å². The highest BCUT2D eigenvalue weighted by Crippen LogP contribution is 2.30. The van der Waals surface area contributed by atoms with Crippen molar-refractivity contribution in [2.24, 2.45) is 5.41 Å². The first-order valence-electron chi connectivity index (χ1n) is 10.9. The van der Waals surface area contributed by atoms with Crippen molar-refractivity contribution in [1.82, 2.24) is 20.3 Å². The third-order valence-corrected chi connectivity index (χ3v) is 5.56. The first-order chi connectivity index (χ1) is 16.8. The summed E-state index contributed by atoms with van der Waals surface area (Å²) in [5.41, 5.74) is -0.979. The number of amides is 1.